The lowest BCUT2D eigenvalue weighted by Gasteiger charge is -2.14. The van der Waals surface area contributed by atoms with E-state index in [0.717, 1.165) is 36.4 Å². The lowest BCUT2D eigenvalue weighted by Crippen LogP contribution is -2.10. The van der Waals surface area contributed by atoms with Crippen LogP contribution in [0.15, 0.2) is 18.2 Å². The predicted molar refractivity (Wildman–Crippen MR) is 73.5 cm³/mol. The number of rotatable bonds is 2. The second-order valence-corrected chi connectivity index (χ2v) is 5.07. The van der Waals surface area contributed by atoms with Gasteiger partial charge in [-0.1, -0.05) is 17.3 Å². The number of benzene rings is 1. The zero-order chi connectivity index (χ0) is 14.1. The topological polar surface area (TPSA) is 63.7 Å². The third-order valence-electron chi connectivity index (χ3n) is 3.85. The van der Waals surface area contributed by atoms with Gasteiger partial charge in [-0.15, -0.1) is 5.10 Å². The number of nitrogens with zero attached hydrogens (tertiary/aromatic N) is 4. The Bertz CT molecular complexity index is 678. The van der Waals surface area contributed by atoms with E-state index in [2.05, 4.69) is 36.3 Å². The van der Waals surface area contributed by atoms with Crippen LogP contribution in [0.1, 0.15) is 41.5 Å². The van der Waals surface area contributed by atoms with Crippen molar-refractivity contribution >= 4 is 0 Å². The molecule has 1 aromatic carbocycles. The number of aryl methyl sites for hydroxylation is 1. The van der Waals surface area contributed by atoms with Gasteiger partial charge < -0.3 is 4.74 Å². The van der Waals surface area contributed by atoms with E-state index in [1.807, 2.05) is 12.1 Å². The third kappa shape index (κ3) is 1.98. The van der Waals surface area contributed by atoms with Crippen molar-refractivity contribution in [1.82, 2.24) is 15.0 Å². The molecule has 1 aliphatic heterocycles. The first-order valence-electron chi connectivity index (χ1n) is 6.76. The van der Waals surface area contributed by atoms with Gasteiger partial charge in [0, 0.05) is 6.61 Å². The lowest BCUT2D eigenvalue weighted by atomic mass is 10.1. The predicted octanol–water partition coefficient (Wildman–Crippen LogP) is 2.61. The van der Waals surface area contributed by atoms with E-state index in [0.29, 0.717) is 5.69 Å². The zero-order valence-corrected chi connectivity index (χ0v) is 11.6. The first kappa shape index (κ1) is 12.8. The van der Waals surface area contributed by atoms with Crippen LogP contribution in [-0.4, -0.2) is 21.6 Å². The Labute approximate surface area is 117 Å². The number of hydrogen-bond donors (Lipinski definition) is 0. The van der Waals surface area contributed by atoms with Crippen LogP contribution < -0.4 is 0 Å². The minimum atomic E-state index is -0.0837. The maximum Gasteiger partial charge on any atom is 0.189 e. The second-order valence-electron chi connectivity index (χ2n) is 5.07. The maximum atomic E-state index is 9.24. The van der Waals surface area contributed by atoms with Gasteiger partial charge in [0.1, 0.15) is 17.9 Å². The second kappa shape index (κ2) is 5.06. The van der Waals surface area contributed by atoms with Gasteiger partial charge in [0.15, 0.2) is 5.69 Å². The van der Waals surface area contributed by atoms with Gasteiger partial charge in [-0.2, -0.15) is 5.26 Å². The Hall–Kier alpha value is -2.19. The Morgan fingerprint density at radius 2 is 2.25 bits per heavy atom. The summed E-state index contributed by atoms with van der Waals surface area (Å²) in [4.78, 5) is 0. The summed E-state index contributed by atoms with van der Waals surface area (Å²) in [6.45, 7) is 4.85. The fourth-order valence-corrected chi connectivity index (χ4v) is 2.59. The molecule has 2 heterocycles. The Balaban J connectivity index is 2.17. The summed E-state index contributed by atoms with van der Waals surface area (Å²) in [6.07, 6.45) is 1.83. The van der Waals surface area contributed by atoms with Gasteiger partial charge in [0.2, 0.25) is 0 Å². The maximum absolute atomic E-state index is 9.24. The molecular weight excluding hydrogens is 252 g/mol. The van der Waals surface area contributed by atoms with E-state index in [1.165, 1.54) is 5.56 Å². The highest BCUT2D eigenvalue weighted by molar-refractivity contribution is 5.46. The van der Waals surface area contributed by atoms with Crippen LogP contribution in [0.3, 0.4) is 0 Å². The molecule has 1 fully saturated rings. The largest absolute Gasteiger partial charge is 0.372 e. The minimum absolute atomic E-state index is 0.0837. The summed E-state index contributed by atoms with van der Waals surface area (Å²) < 4.78 is 7.48. The van der Waals surface area contributed by atoms with E-state index in [1.54, 1.807) is 4.68 Å². The van der Waals surface area contributed by atoms with E-state index < -0.39 is 0 Å². The van der Waals surface area contributed by atoms with E-state index in [-0.39, 0.29) is 6.10 Å². The van der Waals surface area contributed by atoms with E-state index in [4.69, 9.17) is 4.74 Å². The van der Waals surface area contributed by atoms with Crippen molar-refractivity contribution in [2.24, 2.45) is 0 Å². The van der Waals surface area contributed by atoms with Crippen molar-refractivity contribution in [1.29, 1.82) is 5.26 Å². The first-order chi connectivity index (χ1) is 9.72. The molecule has 0 amide bonds. The van der Waals surface area contributed by atoms with Crippen molar-refractivity contribution in [2.75, 3.05) is 6.61 Å². The molecule has 0 radical (unpaired) electrons. The van der Waals surface area contributed by atoms with Crippen LogP contribution in [0, 0.1) is 25.2 Å². The fourth-order valence-electron chi connectivity index (χ4n) is 2.59. The van der Waals surface area contributed by atoms with E-state index >= 15 is 0 Å². The summed E-state index contributed by atoms with van der Waals surface area (Å²) in [6, 6.07) is 8.17. The van der Waals surface area contributed by atoms with Gasteiger partial charge in [0.25, 0.3) is 0 Å². The first-order valence-corrected chi connectivity index (χ1v) is 6.76. The van der Waals surface area contributed by atoms with Crippen LogP contribution in [0.2, 0.25) is 0 Å². The fraction of sp³-hybridized carbons (Fsp3) is 0.400. The van der Waals surface area contributed by atoms with Crippen molar-refractivity contribution in [3.63, 3.8) is 0 Å². The molecule has 1 saturated heterocycles. The molecule has 0 N–H and O–H groups in total. The summed E-state index contributed by atoms with van der Waals surface area (Å²) in [5, 5.41) is 17.4. The third-order valence-corrected chi connectivity index (χ3v) is 3.85. The van der Waals surface area contributed by atoms with Crippen molar-refractivity contribution in [3.05, 3.63) is 40.7 Å². The lowest BCUT2D eigenvalue weighted by molar-refractivity contribution is 0.106. The average molecular weight is 268 g/mol. The van der Waals surface area contributed by atoms with Gasteiger partial charge in [-0.25, -0.2) is 4.68 Å². The van der Waals surface area contributed by atoms with Gasteiger partial charge in [0.05, 0.1) is 5.69 Å². The number of hydrogen-bond acceptors (Lipinski definition) is 4. The highest BCUT2D eigenvalue weighted by Gasteiger charge is 2.27. The smallest absolute Gasteiger partial charge is 0.189 e. The van der Waals surface area contributed by atoms with Gasteiger partial charge >= 0.3 is 0 Å². The Morgan fingerprint density at radius 1 is 1.40 bits per heavy atom. The van der Waals surface area contributed by atoms with Crippen LogP contribution in [-0.2, 0) is 4.74 Å². The Morgan fingerprint density at radius 3 is 2.95 bits per heavy atom. The molecule has 5 heteroatoms. The monoisotopic (exact) mass is 268 g/mol. The summed E-state index contributed by atoms with van der Waals surface area (Å²) in [5.41, 5.74) is 4.43. The van der Waals surface area contributed by atoms with Crippen LogP contribution >= 0.6 is 0 Å². The molecule has 3 rings (SSSR count). The molecule has 0 bridgehead atoms. The van der Waals surface area contributed by atoms with Crippen molar-refractivity contribution < 1.29 is 4.74 Å². The molecule has 1 unspecified atom stereocenters. The van der Waals surface area contributed by atoms with Gasteiger partial charge in [-0.3, -0.25) is 0 Å². The molecule has 0 aliphatic carbocycles. The van der Waals surface area contributed by atoms with Crippen LogP contribution in [0.5, 0.6) is 0 Å². The average Bonchev–Trinajstić information content (AvgIpc) is 3.09. The van der Waals surface area contributed by atoms with Crippen molar-refractivity contribution in [2.45, 2.75) is 32.8 Å². The quantitative estimate of drug-likeness (QED) is 0.839. The van der Waals surface area contributed by atoms with Crippen LogP contribution in [0.4, 0.5) is 0 Å². The van der Waals surface area contributed by atoms with E-state index in [9.17, 15) is 5.26 Å². The molecule has 1 aromatic heterocycles. The molecule has 5 nitrogen and oxygen atoms in total. The highest BCUT2D eigenvalue weighted by Crippen LogP contribution is 2.32. The summed E-state index contributed by atoms with van der Waals surface area (Å²) in [5.74, 6) is 0. The summed E-state index contributed by atoms with van der Waals surface area (Å²) in [7, 11) is 0. The molecule has 1 atom stereocenters. The zero-order valence-electron chi connectivity index (χ0n) is 11.6. The van der Waals surface area contributed by atoms with Crippen molar-refractivity contribution in [3.8, 4) is 11.8 Å². The van der Waals surface area contributed by atoms with Gasteiger partial charge in [-0.05, 0) is 43.9 Å². The summed E-state index contributed by atoms with van der Waals surface area (Å²) >= 11 is 0. The van der Waals surface area contributed by atoms with Crippen LogP contribution in [0.25, 0.3) is 5.69 Å². The highest BCUT2D eigenvalue weighted by atomic mass is 16.5. The number of nitriles is 1. The number of ether oxygens (including phenoxy) is 1. The molecule has 0 saturated carbocycles. The SMILES string of the molecule is Cc1cccc(-n2nnc(C#N)c2C2CCCO2)c1C. The molecule has 20 heavy (non-hydrogen) atoms. The molecule has 102 valence electrons. The normalized spacial score (nSPS) is 18.1. The number of aromatic nitrogens is 3. The minimum Gasteiger partial charge on any atom is -0.372 e. The molecule has 1 aliphatic rings. The molecular formula is C15H16N4O. The standard InChI is InChI=1S/C15H16N4O/c1-10-5-3-6-13(11(10)2)19-15(12(9-16)17-18-19)14-7-4-8-20-14/h3,5-6,14H,4,7-8H2,1-2H3. The molecule has 2 aromatic rings. The Kier molecular flexibility index (Phi) is 3.25. The molecule has 0 spiro atoms.